The van der Waals surface area contributed by atoms with Gasteiger partial charge in [0.05, 0.1) is 0 Å². The lowest BCUT2D eigenvalue weighted by Crippen LogP contribution is -2.19. The molecule has 0 spiro atoms. The van der Waals surface area contributed by atoms with Crippen LogP contribution in [0.15, 0.2) is 24.3 Å². The van der Waals surface area contributed by atoms with Gasteiger partial charge in [0.2, 0.25) is 0 Å². The first-order valence-electron chi connectivity index (χ1n) is 6.89. The van der Waals surface area contributed by atoms with Crippen LogP contribution < -0.4 is 10.1 Å². The van der Waals surface area contributed by atoms with Gasteiger partial charge < -0.3 is 15.0 Å². The van der Waals surface area contributed by atoms with E-state index in [1.54, 1.807) is 0 Å². The number of thioether (sulfide) groups is 1. The Hall–Kier alpha value is -0.870. The van der Waals surface area contributed by atoms with Gasteiger partial charge in [-0.15, -0.1) is 0 Å². The third-order valence-corrected chi connectivity index (χ3v) is 4.59. The standard InChI is InChI=1S/C15H24N2OS/c1-12-10-14(11-19-12)16-13-4-6-15(7-5-13)18-9-8-17(2)3/h4-7,12,14,16H,8-11H2,1-3H3. The van der Waals surface area contributed by atoms with Gasteiger partial charge in [-0.05, 0) is 44.8 Å². The second-order valence-corrected chi connectivity index (χ2v) is 6.87. The lowest BCUT2D eigenvalue weighted by molar-refractivity contribution is 0.261. The summed E-state index contributed by atoms with van der Waals surface area (Å²) in [5, 5.41) is 4.37. The van der Waals surface area contributed by atoms with Gasteiger partial charge in [0.1, 0.15) is 12.4 Å². The molecule has 1 saturated heterocycles. The minimum absolute atomic E-state index is 0.612. The van der Waals surface area contributed by atoms with E-state index in [1.807, 2.05) is 23.9 Å². The fraction of sp³-hybridized carbons (Fsp3) is 0.600. The van der Waals surface area contributed by atoms with E-state index in [1.165, 1.54) is 17.9 Å². The number of rotatable bonds is 6. The highest BCUT2D eigenvalue weighted by Crippen LogP contribution is 2.28. The van der Waals surface area contributed by atoms with Gasteiger partial charge in [-0.3, -0.25) is 0 Å². The number of ether oxygens (including phenoxy) is 1. The van der Waals surface area contributed by atoms with Crippen molar-refractivity contribution < 1.29 is 4.74 Å². The van der Waals surface area contributed by atoms with E-state index in [-0.39, 0.29) is 0 Å². The van der Waals surface area contributed by atoms with Crippen LogP contribution in [0.5, 0.6) is 5.75 Å². The average Bonchev–Trinajstić information content (AvgIpc) is 2.77. The fourth-order valence-corrected chi connectivity index (χ4v) is 3.30. The second kappa shape index (κ2) is 7.06. The maximum absolute atomic E-state index is 5.69. The molecule has 3 nitrogen and oxygen atoms in total. The van der Waals surface area contributed by atoms with Crippen LogP contribution in [0.25, 0.3) is 0 Å². The number of likely N-dealkylation sites (N-methyl/N-ethyl adjacent to an activating group) is 1. The molecule has 19 heavy (non-hydrogen) atoms. The maximum Gasteiger partial charge on any atom is 0.119 e. The van der Waals surface area contributed by atoms with Crippen LogP contribution in [0.4, 0.5) is 5.69 Å². The predicted molar refractivity (Wildman–Crippen MR) is 84.4 cm³/mol. The fourth-order valence-electron chi connectivity index (χ4n) is 2.15. The molecule has 0 saturated carbocycles. The molecular weight excluding hydrogens is 256 g/mol. The van der Waals surface area contributed by atoms with Crippen molar-refractivity contribution in [2.24, 2.45) is 0 Å². The van der Waals surface area contributed by atoms with Crippen molar-refractivity contribution in [1.29, 1.82) is 0 Å². The smallest absolute Gasteiger partial charge is 0.119 e. The van der Waals surface area contributed by atoms with E-state index in [0.29, 0.717) is 6.04 Å². The zero-order valence-corrected chi connectivity index (χ0v) is 12.9. The van der Waals surface area contributed by atoms with E-state index in [0.717, 1.165) is 24.2 Å². The van der Waals surface area contributed by atoms with Crippen molar-refractivity contribution in [3.8, 4) is 5.75 Å². The molecule has 1 N–H and O–H groups in total. The lowest BCUT2D eigenvalue weighted by atomic mass is 10.2. The predicted octanol–water partition coefficient (Wildman–Crippen LogP) is 2.93. The molecular formula is C15H24N2OS. The van der Waals surface area contributed by atoms with Gasteiger partial charge in [0, 0.05) is 29.3 Å². The minimum Gasteiger partial charge on any atom is -0.492 e. The topological polar surface area (TPSA) is 24.5 Å². The van der Waals surface area contributed by atoms with Gasteiger partial charge in [0.25, 0.3) is 0 Å². The normalized spacial score (nSPS) is 22.7. The molecule has 4 heteroatoms. The molecule has 0 aromatic heterocycles. The summed E-state index contributed by atoms with van der Waals surface area (Å²) in [6, 6.07) is 8.92. The van der Waals surface area contributed by atoms with Gasteiger partial charge in [-0.1, -0.05) is 6.92 Å². The SMILES string of the molecule is CC1CC(Nc2ccc(OCCN(C)C)cc2)CS1. The Labute approximate surface area is 120 Å². The van der Waals surface area contributed by atoms with Gasteiger partial charge in [0.15, 0.2) is 0 Å². The number of nitrogens with one attached hydrogen (secondary N) is 1. The summed E-state index contributed by atoms with van der Waals surface area (Å²) in [5.74, 6) is 2.16. The third kappa shape index (κ3) is 4.96. The number of anilines is 1. The van der Waals surface area contributed by atoms with Crippen LogP contribution in [0.3, 0.4) is 0 Å². The van der Waals surface area contributed by atoms with Crippen LogP contribution in [0.2, 0.25) is 0 Å². The first-order chi connectivity index (χ1) is 9.13. The Morgan fingerprint density at radius 1 is 1.32 bits per heavy atom. The molecule has 1 aliphatic heterocycles. The summed E-state index contributed by atoms with van der Waals surface area (Å²) in [4.78, 5) is 2.12. The van der Waals surface area contributed by atoms with Crippen molar-refractivity contribution in [2.75, 3.05) is 38.3 Å². The molecule has 106 valence electrons. The highest BCUT2D eigenvalue weighted by atomic mass is 32.2. The largest absolute Gasteiger partial charge is 0.492 e. The van der Waals surface area contributed by atoms with E-state index >= 15 is 0 Å². The molecule has 1 heterocycles. The molecule has 0 amide bonds. The summed E-state index contributed by atoms with van der Waals surface area (Å²) in [7, 11) is 4.11. The number of hydrogen-bond acceptors (Lipinski definition) is 4. The van der Waals surface area contributed by atoms with Crippen molar-refractivity contribution in [3.63, 3.8) is 0 Å². The molecule has 0 radical (unpaired) electrons. The first kappa shape index (κ1) is 14.5. The summed E-state index contributed by atoms with van der Waals surface area (Å²) < 4.78 is 5.69. The quantitative estimate of drug-likeness (QED) is 0.866. The van der Waals surface area contributed by atoms with Crippen molar-refractivity contribution in [3.05, 3.63) is 24.3 Å². The van der Waals surface area contributed by atoms with E-state index < -0.39 is 0 Å². The van der Waals surface area contributed by atoms with E-state index in [9.17, 15) is 0 Å². The zero-order valence-electron chi connectivity index (χ0n) is 12.1. The monoisotopic (exact) mass is 280 g/mol. The highest BCUT2D eigenvalue weighted by molar-refractivity contribution is 8.00. The molecule has 0 aliphatic carbocycles. The second-order valence-electron chi connectivity index (χ2n) is 5.40. The van der Waals surface area contributed by atoms with E-state index in [4.69, 9.17) is 4.74 Å². The van der Waals surface area contributed by atoms with Crippen LogP contribution in [0.1, 0.15) is 13.3 Å². The molecule has 2 unspecified atom stereocenters. The molecule has 2 rings (SSSR count). The van der Waals surface area contributed by atoms with Gasteiger partial charge in [-0.2, -0.15) is 11.8 Å². The summed E-state index contributed by atoms with van der Waals surface area (Å²) in [5.41, 5.74) is 1.19. The average molecular weight is 280 g/mol. The van der Waals surface area contributed by atoms with Crippen molar-refractivity contribution >= 4 is 17.4 Å². The van der Waals surface area contributed by atoms with Gasteiger partial charge >= 0.3 is 0 Å². The molecule has 1 aromatic rings. The number of benzene rings is 1. The molecule has 1 aromatic carbocycles. The molecule has 0 bridgehead atoms. The Morgan fingerprint density at radius 2 is 2.05 bits per heavy atom. The van der Waals surface area contributed by atoms with Crippen LogP contribution >= 0.6 is 11.8 Å². The van der Waals surface area contributed by atoms with Crippen LogP contribution in [0, 0.1) is 0 Å². The number of nitrogens with zero attached hydrogens (tertiary/aromatic N) is 1. The highest BCUT2D eigenvalue weighted by Gasteiger charge is 2.21. The molecule has 1 fully saturated rings. The minimum atomic E-state index is 0.612. The lowest BCUT2D eigenvalue weighted by Gasteiger charge is -2.14. The van der Waals surface area contributed by atoms with Crippen LogP contribution in [-0.2, 0) is 0 Å². The van der Waals surface area contributed by atoms with E-state index in [2.05, 4.69) is 43.4 Å². The summed E-state index contributed by atoms with van der Waals surface area (Å²) >= 11 is 2.05. The maximum atomic E-state index is 5.69. The zero-order chi connectivity index (χ0) is 13.7. The Morgan fingerprint density at radius 3 is 2.63 bits per heavy atom. The Balaban J connectivity index is 1.78. The third-order valence-electron chi connectivity index (χ3n) is 3.23. The van der Waals surface area contributed by atoms with Gasteiger partial charge in [-0.25, -0.2) is 0 Å². The first-order valence-corrected chi connectivity index (χ1v) is 7.94. The van der Waals surface area contributed by atoms with Crippen molar-refractivity contribution in [1.82, 2.24) is 4.90 Å². The number of hydrogen-bond donors (Lipinski definition) is 1. The van der Waals surface area contributed by atoms with Crippen LogP contribution in [-0.4, -0.2) is 49.2 Å². The summed E-state index contributed by atoms with van der Waals surface area (Å²) in [6.45, 7) is 3.97. The van der Waals surface area contributed by atoms with Crippen molar-refractivity contribution in [2.45, 2.75) is 24.6 Å². The molecule has 2 atom stereocenters. The molecule has 1 aliphatic rings. The Kier molecular flexibility index (Phi) is 5.40. The Bertz CT molecular complexity index is 380. The summed E-state index contributed by atoms with van der Waals surface area (Å²) in [6.07, 6.45) is 1.26.